The number of hydrogen-bond acceptors (Lipinski definition) is 6. The molecule has 0 aromatic carbocycles. The molecule has 0 spiro atoms. The highest BCUT2D eigenvalue weighted by atomic mass is 35.5. The summed E-state index contributed by atoms with van der Waals surface area (Å²) in [7, 11) is 0. The summed E-state index contributed by atoms with van der Waals surface area (Å²) in [6.45, 7) is 5.19. The minimum Gasteiger partial charge on any atom is -0.390 e. The van der Waals surface area contributed by atoms with Gasteiger partial charge < -0.3 is 20.5 Å². The molecule has 1 aliphatic rings. The first-order valence-electron chi connectivity index (χ1n) is 10.8. The van der Waals surface area contributed by atoms with Crippen molar-refractivity contribution in [3.63, 3.8) is 0 Å². The Morgan fingerprint density at radius 3 is 2.81 bits per heavy atom. The van der Waals surface area contributed by atoms with Crippen LogP contribution in [0.2, 0.25) is 5.02 Å². The fraction of sp³-hybridized carbons (Fsp3) is 0.435. The highest BCUT2D eigenvalue weighted by Crippen LogP contribution is 2.25. The van der Waals surface area contributed by atoms with E-state index >= 15 is 0 Å². The van der Waals surface area contributed by atoms with Crippen LogP contribution >= 0.6 is 11.6 Å². The summed E-state index contributed by atoms with van der Waals surface area (Å²) in [6.07, 6.45) is 7.26. The second-order valence-corrected chi connectivity index (χ2v) is 9.13. The molecule has 1 amide bonds. The van der Waals surface area contributed by atoms with Crippen LogP contribution in [-0.4, -0.2) is 57.0 Å². The van der Waals surface area contributed by atoms with Crippen LogP contribution in [-0.2, 0) is 4.74 Å². The monoisotopic (exact) mass is 457 g/mol. The van der Waals surface area contributed by atoms with E-state index < -0.39 is 5.60 Å². The summed E-state index contributed by atoms with van der Waals surface area (Å²) in [5, 5.41) is 17.8. The van der Waals surface area contributed by atoms with Gasteiger partial charge in [-0.15, -0.1) is 0 Å². The number of anilines is 1. The average Bonchev–Trinajstić information content (AvgIpc) is 3.16. The molecule has 0 atom stereocenters. The van der Waals surface area contributed by atoms with Crippen LogP contribution in [0, 0.1) is 0 Å². The van der Waals surface area contributed by atoms with E-state index in [-0.39, 0.29) is 11.9 Å². The average molecular weight is 458 g/mol. The number of ether oxygens (including phenoxy) is 1. The molecular formula is C23H28ClN5O3. The van der Waals surface area contributed by atoms with Crippen LogP contribution in [0.4, 0.5) is 5.69 Å². The highest BCUT2D eigenvalue weighted by molar-refractivity contribution is 6.31. The number of carbonyl (C=O) groups excluding carboxylic acids is 1. The van der Waals surface area contributed by atoms with Gasteiger partial charge in [0, 0.05) is 55.8 Å². The Morgan fingerprint density at radius 2 is 2.06 bits per heavy atom. The normalized spacial score (nSPS) is 15.1. The standard InChI is InChI=1S/C23H28ClN5O3/c1-23(2,31)6-7-25-22(30)18-14-26-20(12-19(18)28-17-4-9-32-10-5-17)29-8-3-15-11-16(24)13-27-21(15)29/h3,8,11-14,17,31H,4-7,9-10H2,1-2H3,(H,25,30)(H,26,28). The Labute approximate surface area is 192 Å². The zero-order valence-corrected chi connectivity index (χ0v) is 19.0. The van der Waals surface area contributed by atoms with Crippen LogP contribution in [0.1, 0.15) is 43.5 Å². The molecule has 3 aromatic rings. The maximum Gasteiger partial charge on any atom is 0.254 e. The van der Waals surface area contributed by atoms with Gasteiger partial charge in [0.05, 0.1) is 21.9 Å². The summed E-state index contributed by atoms with van der Waals surface area (Å²) in [5.41, 5.74) is 1.06. The Bertz CT molecular complexity index is 1100. The maximum atomic E-state index is 12.9. The van der Waals surface area contributed by atoms with Gasteiger partial charge in [-0.05, 0) is 45.2 Å². The van der Waals surface area contributed by atoms with Crippen LogP contribution in [0.25, 0.3) is 16.9 Å². The van der Waals surface area contributed by atoms with Crippen molar-refractivity contribution in [2.45, 2.75) is 44.8 Å². The van der Waals surface area contributed by atoms with Gasteiger partial charge in [0.25, 0.3) is 5.91 Å². The van der Waals surface area contributed by atoms with E-state index in [1.54, 1.807) is 26.2 Å². The van der Waals surface area contributed by atoms with Crippen molar-refractivity contribution in [3.8, 4) is 5.82 Å². The first kappa shape index (κ1) is 22.5. The number of aliphatic hydroxyl groups is 1. The lowest BCUT2D eigenvalue weighted by atomic mass is 10.1. The number of amides is 1. The highest BCUT2D eigenvalue weighted by Gasteiger charge is 2.20. The quantitative estimate of drug-likeness (QED) is 0.501. The molecule has 9 heteroatoms. The molecule has 0 radical (unpaired) electrons. The molecule has 4 rings (SSSR count). The van der Waals surface area contributed by atoms with Crippen LogP contribution in [0.15, 0.2) is 36.8 Å². The number of aromatic nitrogens is 3. The molecular weight excluding hydrogens is 430 g/mol. The van der Waals surface area contributed by atoms with Crippen molar-refractivity contribution in [1.29, 1.82) is 0 Å². The first-order valence-corrected chi connectivity index (χ1v) is 11.2. The summed E-state index contributed by atoms with van der Waals surface area (Å²) in [4.78, 5) is 21.9. The second kappa shape index (κ2) is 9.44. The van der Waals surface area contributed by atoms with E-state index in [0.29, 0.717) is 48.3 Å². The molecule has 8 nitrogen and oxygen atoms in total. The van der Waals surface area contributed by atoms with Crippen molar-refractivity contribution in [2.24, 2.45) is 0 Å². The van der Waals surface area contributed by atoms with Crippen LogP contribution in [0.3, 0.4) is 0 Å². The fourth-order valence-corrected chi connectivity index (χ4v) is 3.86. The van der Waals surface area contributed by atoms with Gasteiger partial charge in [-0.25, -0.2) is 9.97 Å². The van der Waals surface area contributed by atoms with Gasteiger partial charge in [0.2, 0.25) is 0 Å². The number of fused-ring (bicyclic) bond motifs is 1. The number of nitrogens with one attached hydrogen (secondary N) is 2. The lowest BCUT2D eigenvalue weighted by Crippen LogP contribution is -2.32. The van der Waals surface area contributed by atoms with Gasteiger partial charge in [-0.3, -0.25) is 9.36 Å². The van der Waals surface area contributed by atoms with E-state index in [1.807, 2.05) is 29.0 Å². The Morgan fingerprint density at radius 1 is 1.28 bits per heavy atom. The second-order valence-electron chi connectivity index (χ2n) is 8.69. The van der Waals surface area contributed by atoms with Crippen molar-refractivity contribution < 1.29 is 14.6 Å². The fourth-order valence-electron chi connectivity index (χ4n) is 3.70. The van der Waals surface area contributed by atoms with E-state index in [1.165, 1.54) is 0 Å². The predicted molar refractivity (Wildman–Crippen MR) is 125 cm³/mol. The van der Waals surface area contributed by atoms with Crippen molar-refractivity contribution in [2.75, 3.05) is 25.1 Å². The Kier molecular flexibility index (Phi) is 6.64. The third kappa shape index (κ3) is 5.38. The molecule has 1 saturated heterocycles. The molecule has 4 heterocycles. The molecule has 170 valence electrons. The minimum absolute atomic E-state index is 0.209. The summed E-state index contributed by atoms with van der Waals surface area (Å²) in [6, 6.07) is 5.86. The number of hydrogen-bond donors (Lipinski definition) is 3. The number of rotatable bonds is 7. The van der Waals surface area contributed by atoms with Gasteiger partial charge in [-0.1, -0.05) is 11.6 Å². The third-order valence-electron chi connectivity index (χ3n) is 5.48. The minimum atomic E-state index is -0.843. The topological polar surface area (TPSA) is 101 Å². The molecule has 0 aliphatic carbocycles. The summed E-state index contributed by atoms with van der Waals surface area (Å²) < 4.78 is 7.33. The van der Waals surface area contributed by atoms with E-state index in [0.717, 1.165) is 23.9 Å². The van der Waals surface area contributed by atoms with Gasteiger partial charge in [0.1, 0.15) is 11.5 Å². The predicted octanol–water partition coefficient (Wildman–Crippen LogP) is 3.56. The van der Waals surface area contributed by atoms with Gasteiger partial charge in [-0.2, -0.15) is 0 Å². The first-order chi connectivity index (χ1) is 15.3. The molecule has 3 aromatic heterocycles. The van der Waals surface area contributed by atoms with E-state index in [2.05, 4.69) is 20.6 Å². The molecule has 1 aliphatic heterocycles. The lowest BCUT2D eigenvalue weighted by Gasteiger charge is -2.25. The van der Waals surface area contributed by atoms with Crippen LogP contribution in [0.5, 0.6) is 0 Å². The lowest BCUT2D eigenvalue weighted by molar-refractivity contribution is 0.0693. The molecule has 1 fully saturated rings. The largest absolute Gasteiger partial charge is 0.390 e. The zero-order chi connectivity index (χ0) is 22.7. The Balaban J connectivity index is 1.64. The van der Waals surface area contributed by atoms with Gasteiger partial charge in [0.15, 0.2) is 0 Å². The number of halogens is 1. The van der Waals surface area contributed by atoms with Gasteiger partial charge >= 0.3 is 0 Å². The zero-order valence-electron chi connectivity index (χ0n) is 18.3. The summed E-state index contributed by atoms with van der Waals surface area (Å²) in [5.74, 6) is 0.419. The summed E-state index contributed by atoms with van der Waals surface area (Å²) >= 11 is 6.07. The molecule has 0 saturated carbocycles. The molecule has 32 heavy (non-hydrogen) atoms. The SMILES string of the molecule is CC(C)(O)CCNC(=O)c1cnc(-n2ccc3cc(Cl)cnc32)cc1NC1CCOCC1. The molecule has 0 bridgehead atoms. The van der Waals surface area contributed by atoms with Crippen molar-refractivity contribution >= 4 is 34.2 Å². The van der Waals surface area contributed by atoms with Crippen molar-refractivity contribution in [1.82, 2.24) is 19.9 Å². The number of pyridine rings is 2. The van der Waals surface area contributed by atoms with E-state index in [9.17, 15) is 9.90 Å². The number of carbonyl (C=O) groups is 1. The molecule has 3 N–H and O–H groups in total. The maximum absolute atomic E-state index is 12.9. The third-order valence-corrected chi connectivity index (χ3v) is 5.68. The van der Waals surface area contributed by atoms with Crippen LogP contribution < -0.4 is 10.6 Å². The van der Waals surface area contributed by atoms with E-state index in [4.69, 9.17) is 16.3 Å². The molecule has 0 unspecified atom stereocenters. The number of nitrogens with zero attached hydrogens (tertiary/aromatic N) is 3. The smallest absolute Gasteiger partial charge is 0.254 e. The van der Waals surface area contributed by atoms with Crippen molar-refractivity contribution in [3.05, 3.63) is 47.4 Å². The Hall–Kier alpha value is -2.68.